The minimum atomic E-state index is -0.654. The van der Waals surface area contributed by atoms with E-state index in [-0.39, 0.29) is 12.2 Å². The van der Waals surface area contributed by atoms with Gasteiger partial charge in [-0.15, -0.1) is 0 Å². The molecule has 14 heavy (non-hydrogen) atoms. The van der Waals surface area contributed by atoms with E-state index in [0.717, 1.165) is 31.4 Å². The van der Waals surface area contributed by atoms with Gasteiger partial charge >= 0.3 is 5.97 Å². The summed E-state index contributed by atoms with van der Waals surface area (Å²) in [5, 5.41) is 9.32. The van der Waals surface area contributed by atoms with E-state index < -0.39 is 11.4 Å². The van der Waals surface area contributed by atoms with E-state index in [4.69, 9.17) is 4.74 Å². The summed E-state index contributed by atoms with van der Waals surface area (Å²) >= 11 is 1.71. The monoisotopic (exact) mass is 216 g/mol. The van der Waals surface area contributed by atoms with Crippen molar-refractivity contribution in [3.05, 3.63) is 0 Å². The van der Waals surface area contributed by atoms with Crippen LogP contribution in [0.15, 0.2) is 0 Å². The zero-order chi connectivity index (χ0) is 10.2. The van der Waals surface area contributed by atoms with Gasteiger partial charge in [0.05, 0.1) is 17.6 Å². The van der Waals surface area contributed by atoms with Gasteiger partial charge < -0.3 is 9.84 Å². The Bertz CT molecular complexity index is 244. The fourth-order valence-corrected chi connectivity index (χ4v) is 3.25. The van der Waals surface area contributed by atoms with Crippen molar-refractivity contribution in [2.45, 2.75) is 37.9 Å². The molecule has 80 valence electrons. The first-order chi connectivity index (χ1) is 6.69. The summed E-state index contributed by atoms with van der Waals surface area (Å²) in [5.74, 6) is 0.262. The maximum atomic E-state index is 11.3. The van der Waals surface area contributed by atoms with Gasteiger partial charge in [0.1, 0.15) is 0 Å². The summed E-state index contributed by atoms with van der Waals surface area (Å²) in [6.07, 6.45) is 5.70. The average molecular weight is 216 g/mol. The highest BCUT2D eigenvalue weighted by atomic mass is 32.2. The molecule has 2 aliphatic rings. The van der Waals surface area contributed by atoms with E-state index in [1.54, 1.807) is 11.8 Å². The van der Waals surface area contributed by atoms with Gasteiger partial charge in [-0.1, -0.05) is 0 Å². The largest absolute Gasteiger partial charge is 0.481 e. The van der Waals surface area contributed by atoms with Gasteiger partial charge in [0.2, 0.25) is 0 Å². The van der Waals surface area contributed by atoms with Crippen molar-refractivity contribution in [1.29, 1.82) is 0 Å². The van der Waals surface area contributed by atoms with Crippen molar-refractivity contribution in [3.8, 4) is 0 Å². The Labute approximate surface area is 88.2 Å². The number of thioether (sulfide) groups is 1. The van der Waals surface area contributed by atoms with E-state index in [2.05, 4.69) is 0 Å². The highest BCUT2D eigenvalue weighted by Gasteiger charge is 2.56. The molecule has 0 amide bonds. The average Bonchev–Trinajstić information content (AvgIpc) is 2.74. The fourth-order valence-electron chi connectivity index (χ4n) is 2.68. The third-order valence-electron chi connectivity index (χ3n) is 3.49. The van der Waals surface area contributed by atoms with E-state index in [1.165, 1.54) is 0 Å². The second-order valence-electron chi connectivity index (χ2n) is 4.23. The maximum Gasteiger partial charge on any atom is 0.312 e. The number of carboxylic acid groups (broad SMARTS) is 1. The second kappa shape index (κ2) is 3.74. The van der Waals surface area contributed by atoms with Crippen molar-refractivity contribution in [1.82, 2.24) is 0 Å². The SMILES string of the molecule is CSCCC1(C(=O)O)CC2CCC1O2. The molecule has 0 saturated carbocycles. The van der Waals surface area contributed by atoms with E-state index in [1.807, 2.05) is 6.26 Å². The molecular weight excluding hydrogens is 200 g/mol. The van der Waals surface area contributed by atoms with Crippen LogP contribution in [0.5, 0.6) is 0 Å². The first-order valence-corrected chi connectivity index (χ1v) is 6.46. The molecule has 0 radical (unpaired) electrons. The molecule has 0 aromatic carbocycles. The summed E-state index contributed by atoms with van der Waals surface area (Å²) in [5.41, 5.74) is -0.564. The minimum absolute atomic E-state index is 0.0165. The lowest BCUT2D eigenvalue weighted by molar-refractivity contribution is -0.152. The van der Waals surface area contributed by atoms with E-state index in [0.29, 0.717) is 0 Å². The molecule has 2 bridgehead atoms. The van der Waals surface area contributed by atoms with Crippen LogP contribution in [0, 0.1) is 5.41 Å². The first-order valence-electron chi connectivity index (χ1n) is 5.07. The second-order valence-corrected chi connectivity index (χ2v) is 5.22. The summed E-state index contributed by atoms with van der Waals surface area (Å²) in [4.78, 5) is 11.3. The number of rotatable bonds is 4. The molecule has 0 aliphatic carbocycles. The maximum absolute atomic E-state index is 11.3. The highest BCUT2D eigenvalue weighted by molar-refractivity contribution is 7.98. The van der Waals surface area contributed by atoms with Crippen LogP contribution in [-0.2, 0) is 9.53 Å². The molecule has 2 heterocycles. The molecule has 2 rings (SSSR count). The third kappa shape index (κ3) is 1.44. The summed E-state index contributed by atoms with van der Waals surface area (Å²) in [6.45, 7) is 0. The van der Waals surface area contributed by atoms with Gasteiger partial charge in [-0.3, -0.25) is 4.79 Å². The van der Waals surface area contributed by atoms with Crippen LogP contribution in [0.2, 0.25) is 0 Å². The number of ether oxygens (including phenoxy) is 1. The van der Waals surface area contributed by atoms with E-state index >= 15 is 0 Å². The van der Waals surface area contributed by atoms with E-state index in [9.17, 15) is 9.90 Å². The van der Waals surface area contributed by atoms with Crippen LogP contribution in [0.25, 0.3) is 0 Å². The third-order valence-corrected chi connectivity index (χ3v) is 4.11. The molecule has 0 spiro atoms. The Morgan fingerprint density at radius 1 is 1.64 bits per heavy atom. The standard InChI is InChI=1S/C10H16O3S/c1-14-5-4-10(9(11)12)6-7-2-3-8(10)13-7/h7-8H,2-6H2,1H3,(H,11,12). The molecule has 2 saturated heterocycles. The predicted molar refractivity (Wildman–Crippen MR) is 55.6 cm³/mol. The summed E-state index contributed by atoms with van der Waals surface area (Å²) in [7, 11) is 0. The number of carboxylic acids is 1. The Morgan fingerprint density at radius 2 is 2.43 bits per heavy atom. The molecule has 4 heteroatoms. The zero-order valence-electron chi connectivity index (χ0n) is 8.36. The molecule has 2 aliphatic heterocycles. The van der Waals surface area contributed by atoms with Crippen molar-refractivity contribution in [2.75, 3.05) is 12.0 Å². The molecule has 0 aromatic rings. The Hall–Kier alpha value is -0.220. The smallest absolute Gasteiger partial charge is 0.312 e. The summed E-state index contributed by atoms with van der Waals surface area (Å²) in [6, 6.07) is 0. The lowest BCUT2D eigenvalue weighted by Crippen LogP contribution is -2.40. The quantitative estimate of drug-likeness (QED) is 0.778. The van der Waals surface area contributed by atoms with Crippen molar-refractivity contribution < 1.29 is 14.6 Å². The number of carbonyl (C=O) groups is 1. The van der Waals surface area contributed by atoms with Gasteiger partial charge in [0, 0.05) is 0 Å². The molecular formula is C10H16O3S. The van der Waals surface area contributed by atoms with Crippen LogP contribution in [0.1, 0.15) is 25.7 Å². The van der Waals surface area contributed by atoms with Crippen LogP contribution >= 0.6 is 11.8 Å². The van der Waals surface area contributed by atoms with Gasteiger partial charge in [-0.2, -0.15) is 11.8 Å². The molecule has 3 nitrogen and oxygen atoms in total. The van der Waals surface area contributed by atoms with Gasteiger partial charge in [0.25, 0.3) is 0 Å². The predicted octanol–water partition coefficient (Wildman–Crippen LogP) is 1.76. The van der Waals surface area contributed by atoms with Crippen LogP contribution in [0.3, 0.4) is 0 Å². The number of hydrogen-bond acceptors (Lipinski definition) is 3. The molecule has 1 N–H and O–H groups in total. The topological polar surface area (TPSA) is 46.5 Å². The Balaban J connectivity index is 2.11. The molecule has 2 fully saturated rings. The zero-order valence-corrected chi connectivity index (χ0v) is 9.18. The Kier molecular flexibility index (Phi) is 2.75. The summed E-state index contributed by atoms with van der Waals surface area (Å²) < 4.78 is 5.66. The van der Waals surface area contributed by atoms with Crippen molar-refractivity contribution >= 4 is 17.7 Å². The van der Waals surface area contributed by atoms with Gasteiger partial charge in [0.15, 0.2) is 0 Å². The van der Waals surface area contributed by atoms with Crippen LogP contribution in [0.4, 0.5) is 0 Å². The van der Waals surface area contributed by atoms with Crippen LogP contribution in [-0.4, -0.2) is 35.3 Å². The van der Waals surface area contributed by atoms with Gasteiger partial charge in [-0.25, -0.2) is 0 Å². The van der Waals surface area contributed by atoms with Crippen molar-refractivity contribution in [2.24, 2.45) is 5.41 Å². The fraction of sp³-hybridized carbons (Fsp3) is 0.900. The van der Waals surface area contributed by atoms with Gasteiger partial charge in [-0.05, 0) is 37.7 Å². The molecule has 3 atom stereocenters. The number of fused-ring (bicyclic) bond motifs is 2. The number of hydrogen-bond donors (Lipinski definition) is 1. The Morgan fingerprint density at radius 3 is 2.86 bits per heavy atom. The molecule has 3 unspecified atom stereocenters. The highest BCUT2D eigenvalue weighted by Crippen LogP contribution is 2.50. The minimum Gasteiger partial charge on any atom is -0.481 e. The first kappa shape index (κ1) is 10.3. The lowest BCUT2D eigenvalue weighted by atomic mass is 9.72. The number of aliphatic carboxylic acids is 1. The van der Waals surface area contributed by atoms with Crippen molar-refractivity contribution in [3.63, 3.8) is 0 Å². The van der Waals surface area contributed by atoms with Crippen LogP contribution < -0.4 is 0 Å². The lowest BCUT2D eigenvalue weighted by Gasteiger charge is -2.30. The molecule has 0 aromatic heterocycles. The normalized spacial score (nSPS) is 40.4.